The summed E-state index contributed by atoms with van der Waals surface area (Å²) in [4.78, 5) is 0. The summed E-state index contributed by atoms with van der Waals surface area (Å²) in [6.45, 7) is -0.201. The largest absolute Gasteiger partial charge is 0.454 e. The van der Waals surface area contributed by atoms with Gasteiger partial charge in [-0.25, -0.2) is 0 Å². The van der Waals surface area contributed by atoms with E-state index in [1.807, 2.05) is 0 Å². The first-order valence-electron chi connectivity index (χ1n) is 3.29. The molecule has 2 nitrogen and oxygen atoms in total. The lowest BCUT2D eigenvalue weighted by Crippen LogP contribution is -2.13. The predicted octanol–water partition coefficient (Wildman–Crippen LogP) is 2.05. The topological polar surface area (TPSA) is 39.2 Å². The summed E-state index contributed by atoms with van der Waals surface area (Å²) in [6.07, 6.45) is 0. The van der Waals surface area contributed by atoms with Crippen molar-refractivity contribution in [3.63, 3.8) is 0 Å². The molecule has 0 amide bonds. The van der Waals surface area contributed by atoms with Crippen molar-refractivity contribution in [3.8, 4) is 0 Å². The summed E-state index contributed by atoms with van der Waals surface area (Å²) < 4.78 is 17.9. The molecule has 2 N–H and O–H groups in total. The lowest BCUT2D eigenvalue weighted by Gasteiger charge is -2.04. The number of nitrogens with two attached hydrogens (primary N) is 1. The minimum absolute atomic E-state index is 0.274. The van der Waals surface area contributed by atoms with E-state index in [-0.39, 0.29) is 12.5 Å². The molecule has 0 aliphatic rings. The van der Waals surface area contributed by atoms with Crippen LogP contribution in [0.4, 0.5) is 4.39 Å². The highest BCUT2D eigenvalue weighted by Gasteiger charge is 2.12. The third kappa shape index (κ3) is 2.04. The number of hydrogen-bond donors (Lipinski definition) is 1. The molecule has 0 saturated carbocycles. The van der Waals surface area contributed by atoms with Crippen LogP contribution in [0.1, 0.15) is 11.7 Å². The van der Waals surface area contributed by atoms with Crippen LogP contribution in [0.25, 0.3) is 0 Å². The molecule has 1 rings (SSSR count). The molecule has 0 aliphatic carbocycles. The Hall–Kier alpha value is -0.350. The van der Waals surface area contributed by atoms with E-state index in [2.05, 4.69) is 15.9 Å². The Balaban J connectivity index is 2.73. The zero-order valence-electron chi connectivity index (χ0n) is 5.89. The van der Waals surface area contributed by atoms with Crippen LogP contribution in [-0.2, 0) is 0 Å². The summed E-state index contributed by atoms with van der Waals surface area (Å²) >= 11 is 3.13. The molecule has 0 bridgehead atoms. The van der Waals surface area contributed by atoms with Gasteiger partial charge in [0.15, 0.2) is 4.67 Å². The van der Waals surface area contributed by atoms with E-state index in [0.29, 0.717) is 10.4 Å². The summed E-state index contributed by atoms with van der Waals surface area (Å²) in [7, 11) is 0. The summed E-state index contributed by atoms with van der Waals surface area (Å²) in [5, 5.41) is 0. The second kappa shape index (κ2) is 3.88. The fourth-order valence-corrected chi connectivity index (χ4v) is 1.12. The first kappa shape index (κ1) is 8.74. The van der Waals surface area contributed by atoms with E-state index in [1.54, 1.807) is 12.1 Å². The standard InChI is InChI=1S/C7H9BrFNO/c8-7-2-1-6(11-7)5(3-9)4-10/h1-2,5H,3-4,10H2. The van der Waals surface area contributed by atoms with Crippen LogP contribution < -0.4 is 5.73 Å². The Morgan fingerprint density at radius 3 is 2.73 bits per heavy atom. The maximum Gasteiger partial charge on any atom is 0.169 e. The Labute approximate surface area is 72.7 Å². The van der Waals surface area contributed by atoms with Crippen LogP contribution in [0.2, 0.25) is 0 Å². The van der Waals surface area contributed by atoms with Crippen molar-refractivity contribution in [1.29, 1.82) is 0 Å². The van der Waals surface area contributed by atoms with Gasteiger partial charge in [-0.3, -0.25) is 4.39 Å². The van der Waals surface area contributed by atoms with Crippen molar-refractivity contribution >= 4 is 15.9 Å². The molecule has 0 radical (unpaired) electrons. The van der Waals surface area contributed by atoms with Gasteiger partial charge in [-0.1, -0.05) is 0 Å². The van der Waals surface area contributed by atoms with E-state index < -0.39 is 6.67 Å². The zero-order chi connectivity index (χ0) is 8.27. The van der Waals surface area contributed by atoms with Gasteiger partial charge in [0.1, 0.15) is 12.4 Å². The average molecular weight is 222 g/mol. The van der Waals surface area contributed by atoms with Gasteiger partial charge in [0.2, 0.25) is 0 Å². The molecule has 0 aromatic carbocycles. The Morgan fingerprint density at radius 2 is 2.36 bits per heavy atom. The highest BCUT2D eigenvalue weighted by molar-refractivity contribution is 9.10. The summed E-state index contributed by atoms with van der Waals surface area (Å²) in [6, 6.07) is 3.45. The maximum atomic E-state index is 12.2. The van der Waals surface area contributed by atoms with Gasteiger partial charge in [-0.2, -0.15) is 0 Å². The zero-order valence-corrected chi connectivity index (χ0v) is 7.47. The molecule has 0 fully saturated rings. The van der Waals surface area contributed by atoms with Gasteiger partial charge in [0.05, 0.1) is 5.92 Å². The van der Waals surface area contributed by atoms with E-state index in [4.69, 9.17) is 10.2 Å². The quantitative estimate of drug-likeness (QED) is 0.849. The van der Waals surface area contributed by atoms with Crippen molar-refractivity contribution in [2.45, 2.75) is 5.92 Å². The Kier molecular flexibility index (Phi) is 3.08. The molecule has 0 saturated heterocycles. The van der Waals surface area contributed by atoms with Crippen molar-refractivity contribution in [3.05, 3.63) is 22.6 Å². The molecule has 0 spiro atoms. The lowest BCUT2D eigenvalue weighted by atomic mass is 10.1. The van der Waals surface area contributed by atoms with Crippen molar-refractivity contribution < 1.29 is 8.81 Å². The molecule has 11 heavy (non-hydrogen) atoms. The highest BCUT2D eigenvalue weighted by atomic mass is 79.9. The molecule has 0 aliphatic heterocycles. The van der Waals surface area contributed by atoms with Crippen molar-refractivity contribution in [2.75, 3.05) is 13.2 Å². The summed E-state index contributed by atoms with van der Waals surface area (Å²) in [5.41, 5.74) is 5.31. The minimum atomic E-state index is -0.476. The predicted molar refractivity (Wildman–Crippen MR) is 44.2 cm³/mol. The number of halogens is 2. The van der Waals surface area contributed by atoms with Crippen LogP contribution in [0.3, 0.4) is 0 Å². The fraction of sp³-hybridized carbons (Fsp3) is 0.429. The monoisotopic (exact) mass is 221 g/mol. The molecule has 1 unspecified atom stereocenters. The number of rotatable bonds is 3. The van der Waals surface area contributed by atoms with Gasteiger partial charge in [-0.05, 0) is 28.1 Å². The first-order chi connectivity index (χ1) is 5.27. The van der Waals surface area contributed by atoms with Crippen LogP contribution in [-0.4, -0.2) is 13.2 Å². The highest BCUT2D eigenvalue weighted by Crippen LogP contribution is 2.21. The molecular weight excluding hydrogens is 213 g/mol. The fourth-order valence-electron chi connectivity index (χ4n) is 0.803. The average Bonchev–Trinajstić information content (AvgIpc) is 2.39. The van der Waals surface area contributed by atoms with Crippen LogP contribution in [0, 0.1) is 0 Å². The maximum absolute atomic E-state index is 12.2. The molecule has 1 aromatic heterocycles. The van der Waals surface area contributed by atoms with Crippen molar-refractivity contribution in [2.24, 2.45) is 5.73 Å². The van der Waals surface area contributed by atoms with E-state index in [0.717, 1.165) is 0 Å². The molecule has 1 atom stereocenters. The van der Waals surface area contributed by atoms with Gasteiger partial charge in [0.25, 0.3) is 0 Å². The summed E-state index contributed by atoms with van der Waals surface area (Å²) in [5.74, 6) is 0.295. The molecule has 4 heteroatoms. The first-order valence-corrected chi connectivity index (χ1v) is 4.08. The molecule has 1 aromatic rings. The van der Waals surface area contributed by atoms with E-state index in [9.17, 15) is 4.39 Å². The van der Waals surface area contributed by atoms with Crippen molar-refractivity contribution in [1.82, 2.24) is 0 Å². The number of hydrogen-bond acceptors (Lipinski definition) is 2. The van der Waals surface area contributed by atoms with Crippen LogP contribution >= 0.6 is 15.9 Å². The molecule has 62 valence electrons. The second-order valence-electron chi connectivity index (χ2n) is 2.23. The normalized spacial score (nSPS) is 13.4. The molecule has 1 heterocycles. The van der Waals surface area contributed by atoms with E-state index >= 15 is 0 Å². The molecular formula is C7H9BrFNO. The van der Waals surface area contributed by atoms with Crippen LogP contribution in [0.5, 0.6) is 0 Å². The van der Waals surface area contributed by atoms with Gasteiger partial charge < -0.3 is 10.2 Å². The SMILES string of the molecule is NCC(CF)c1ccc(Br)o1. The number of furan rings is 1. The Bertz CT molecular complexity index is 222. The smallest absolute Gasteiger partial charge is 0.169 e. The van der Waals surface area contributed by atoms with Gasteiger partial charge in [-0.15, -0.1) is 0 Å². The van der Waals surface area contributed by atoms with Gasteiger partial charge in [0, 0.05) is 6.54 Å². The van der Waals surface area contributed by atoms with E-state index in [1.165, 1.54) is 0 Å². The van der Waals surface area contributed by atoms with Gasteiger partial charge >= 0.3 is 0 Å². The Morgan fingerprint density at radius 1 is 1.64 bits per heavy atom. The third-order valence-electron chi connectivity index (χ3n) is 1.47. The van der Waals surface area contributed by atoms with Crippen LogP contribution in [0.15, 0.2) is 21.2 Å². The third-order valence-corrected chi connectivity index (χ3v) is 1.89. The minimum Gasteiger partial charge on any atom is -0.454 e. The lowest BCUT2D eigenvalue weighted by molar-refractivity contribution is 0.373. The second-order valence-corrected chi connectivity index (χ2v) is 3.01. The number of alkyl halides is 1.